The highest BCUT2D eigenvalue weighted by Crippen LogP contribution is 2.23. The zero-order chi connectivity index (χ0) is 18.9. The molecule has 1 heterocycles. The van der Waals surface area contributed by atoms with E-state index in [9.17, 15) is 4.79 Å². The van der Waals surface area contributed by atoms with E-state index in [4.69, 9.17) is 16.3 Å². The molecule has 1 N–H and O–H groups in total. The van der Waals surface area contributed by atoms with E-state index in [1.165, 1.54) is 5.56 Å². The molecule has 0 radical (unpaired) electrons. The van der Waals surface area contributed by atoms with Crippen LogP contribution in [0.2, 0.25) is 5.02 Å². The van der Waals surface area contributed by atoms with Crippen LogP contribution in [0.25, 0.3) is 0 Å². The van der Waals surface area contributed by atoms with Crippen LogP contribution in [0.5, 0.6) is 5.88 Å². The number of hydrogen-bond donors (Lipinski definition) is 1. The largest absolute Gasteiger partial charge is 0.474 e. The van der Waals surface area contributed by atoms with Crippen molar-refractivity contribution in [3.8, 4) is 5.88 Å². The summed E-state index contributed by atoms with van der Waals surface area (Å²) in [4.78, 5) is 16.3. The van der Waals surface area contributed by atoms with Crippen molar-refractivity contribution in [3.05, 3.63) is 59.2 Å². The molecule has 0 aliphatic heterocycles. The van der Waals surface area contributed by atoms with Gasteiger partial charge in [0.1, 0.15) is 6.10 Å². The fourth-order valence-corrected chi connectivity index (χ4v) is 3.60. The Morgan fingerprint density at radius 2 is 1.85 bits per heavy atom. The zero-order valence-corrected chi connectivity index (χ0v) is 16.3. The first-order valence-corrected chi connectivity index (χ1v) is 10.2. The summed E-state index contributed by atoms with van der Waals surface area (Å²) in [5, 5.41) is 3.79. The molecular weight excluding hydrogens is 360 g/mol. The molecule has 1 amide bonds. The third-order valence-corrected chi connectivity index (χ3v) is 5.21. The number of benzene rings is 1. The molecule has 0 atom stereocenters. The van der Waals surface area contributed by atoms with Crippen molar-refractivity contribution in [3.63, 3.8) is 0 Å². The molecule has 27 heavy (non-hydrogen) atoms. The van der Waals surface area contributed by atoms with Gasteiger partial charge in [0.2, 0.25) is 11.8 Å². The van der Waals surface area contributed by atoms with Gasteiger partial charge in [-0.1, -0.05) is 41.9 Å². The SMILES string of the molecule is O=C(CCCCc1ccccc1)NC1CCC(Oc2ccc(Cl)cn2)CC1. The van der Waals surface area contributed by atoms with Crippen LogP contribution >= 0.6 is 11.6 Å². The number of rotatable bonds is 8. The van der Waals surface area contributed by atoms with Crippen molar-refractivity contribution in [2.24, 2.45) is 0 Å². The van der Waals surface area contributed by atoms with E-state index in [-0.39, 0.29) is 18.1 Å². The van der Waals surface area contributed by atoms with Gasteiger partial charge in [0, 0.05) is 24.7 Å². The van der Waals surface area contributed by atoms with E-state index in [0.717, 1.165) is 44.9 Å². The Morgan fingerprint density at radius 1 is 1.07 bits per heavy atom. The molecule has 1 aliphatic rings. The summed E-state index contributed by atoms with van der Waals surface area (Å²) >= 11 is 5.84. The number of carbonyl (C=O) groups is 1. The molecular formula is C22H27ClN2O2. The summed E-state index contributed by atoms with van der Waals surface area (Å²) in [7, 11) is 0. The lowest BCUT2D eigenvalue weighted by Crippen LogP contribution is -2.39. The Morgan fingerprint density at radius 3 is 2.56 bits per heavy atom. The number of halogens is 1. The summed E-state index contributed by atoms with van der Waals surface area (Å²) in [6, 6.07) is 14.3. The maximum Gasteiger partial charge on any atom is 0.220 e. The van der Waals surface area contributed by atoms with Crippen LogP contribution in [0, 0.1) is 0 Å². The van der Waals surface area contributed by atoms with E-state index >= 15 is 0 Å². The number of ether oxygens (including phenoxy) is 1. The van der Waals surface area contributed by atoms with Crippen LogP contribution in [-0.2, 0) is 11.2 Å². The predicted molar refractivity (Wildman–Crippen MR) is 108 cm³/mol. The summed E-state index contributed by atoms with van der Waals surface area (Å²) in [5.74, 6) is 0.789. The first-order chi connectivity index (χ1) is 13.2. The van der Waals surface area contributed by atoms with Gasteiger partial charge in [0.05, 0.1) is 5.02 Å². The molecule has 1 aromatic heterocycles. The van der Waals surface area contributed by atoms with E-state index in [2.05, 4.69) is 34.6 Å². The van der Waals surface area contributed by atoms with Crippen LogP contribution in [0.4, 0.5) is 0 Å². The molecule has 4 nitrogen and oxygen atoms in total. The van der Waals surface area contributed by atoms with Crippen molar-refractivity contribution in [1.82, 2.24) is 10.3 Å². The number of unbranched alkanes of at least 4 members (excludes halogenated alkanes) is 1. The number of nitrogens with one attached hydrogen (secondary N) is 1. The van der Waals surface area contributed by atoms with Gasteiger partial charge in [-0.2, -0.15) is 0 Å². The molecule has 5 heteroatoms. The summed E-state index contributed by atoms with van der Waals surface area (Å²) in [6.07, 6.45) is 9.16. The van der Waals surface area contributed by atoms with Crippen molar-refractivity contribution in [1.29, 1.82) is 0 Å². The van der Waals surface area contributed by atoms with Crippen molar-refractivity contribution >= 4 is 17.5 Å². The maximum absolute atomic E-state index is 12.2. The normalized spacial score (nSPS) is 19.4. The fourth-order valence-electron chi connectivity index (χ4n) is 3.49. The number of hydrogen-bond acceptors (Lipinski definition) is 3. The molecule has 0 saturated heterocycles. The topological polar surface area (TPSA) is 51.2 Å². The smallest absolute Gasteiger partial charge is 0.220 e. The molecule has 0 unspecified atom stereocenters. The van der Waals surface area contributed by atoms with Crippen molar-refractivity contribution in [2.45, 2.75) is 63.5 Å². The van der Waals surface area contributed by atoms with E-state index < -0.39 is 0 Å². The second-order valence-electron chi connectivity index (χ2n) is 7.17. The highest BCUT2D eigenvalue weighted by molar-refractivity contribution is 6.30. The lowest BCUT2D eigenvalue weighted by atomic mass is 9.92. The second kappa shape index (κ2) is 10.3. The van der Waals surface area contributed by atoms with Gasteiger partial charge in [-0.3, -0.25) is 4.79 Å². The Hall–Kier alpha value is -2.07. The average Bonchev–Trinajstić information content (AvgIpc) is 2.69. The zero-order valence-electron chi connectivity index (χ0n) is 15.6. The van der Waals surface area contributed by atoms with Gasteiger partial charge in [-0.05, 0) is 56.6 Å². The first-order valence-electron chi connectivity index (χ1n) is 9.80. The Kier molecular flexibility index (Phi) is 7.52. The quantitative estimate of drug-likeness (QED) is 0.652. The molecule has 1 fully saturated rings. The molecule has 144 valence electrons. The molecule has 1 aromatic carbocycles. The third-order valence-electron chi connectivity index (χ3n) is 4.99. The molecule has 0 bridgehead atoms. The Bertz CT molecular complexity index is 698. The van der Waals surface area contributed by atoms with Gasteiger partial charge in [-0.25, -0.2) is 4.98 Å². The monoisotopic (exact) mass is 386 g/mol. The Balaban J connectivity index is 1.29. The first kappa shape index (κ1) is 19.7. The van der Waals surface area contributed by atoms with E-state index in [0.29, 0.717) is 17.3 Å². The number of amides is 1. The minimum atomic E-state index is 0.165. The Labute approximate surface area is 166 Å². The summed E-state index contributed by atoms with van der Waals surface area (Å²) in [6.45, 7) is 0. The highest BCUT2D eigenvalue weighted by Gasteiger charge is 2.23. The molecule has 1 saturated carbocycles. The second-order valence-corrected chi connectivity index (χ2v) is 7.60. The lowest BCUT2D eigenvalue weighted by molar-refractivity contribution is -0.122. The van der Waals surface area contributed by atoms with Crippen molar-refractivity contribution < 1.29 is 9.53 Å². The van der Waals surface area contributed by atoms with Crippen LogP contribution in [-0.4, -0.2) is 23.0 Å². The fraction of sp³-hybridized carbons (Fsp3) is 0.455. The molecule has 1 aliphatic carbocycles. The van der Waals surface area contributed by atoms with Gasteiger partial charge in [0.25, 0.3) is 0 Å². The predicted octanol–water partition coefficient (Wildman–Crippen LogP) is 4.95. The molecule has 2 aromatic rings. The number of aryl methyl sites for hydroxylation is 1. The van der Waals surface area contributed by atoms with Crippen LogP contribution in [0.3, 0.4) is 0 Å². The standard InChI is InChI=1S/C22H27ClN2O2/c23-18-10-15-22(24-16-18)27-20-13-11-19(12-14-20)25-21(26)9-5-4-8-17-6-2-1-3-7-17/h1-3,6-7,10,15-16,19-20H,4-5,8-9,11-14H2,(H,25,26). The average molecular weight is 387 g/mol. The summed E-state index contributed by atoms with van der Waals surface area (Å²) in [5.41, 5.74) is 1.34. The maximum atomic E-state index is 12.2. The number of aromatic nitrogens is 1. The van der Waals surface area contributed by atoms with Gasteiger partial charge in [0.15, 0.2) is 0 Å². The lowest BCUT2D eigenvalue weighted by Gasteiger charge is -2.29. The van der Waals surface area contributed by atoms with E-state index in [1.807, 2.05) is 6.07 Å². The number of nitrogens with zero attached hydrogens (tertiary/aromatic N) is 1. The number of pyridine rings is 1. The minimum Gasteiger partial charge on any atom is -0.474 e. The van der Waals surface area contributed by atoms with Gasteiger partial charge < -0.3 is 10.1 Å². The van der Waals surface area contributed by atoms with Gasteiger partial charge in [-0.15, -0.1) is 0 Å². The van der Waals surface area contributed by atoms with Crippen molar-refractivity contribution in [2.75, 3.05) is 0 Å². The third kappa shape index (κ3) is 6.87. The summed E-state index contributed by atoms with van der Waals surface area (Å²) < 4.78 is 5.90. The molecule has 3 rings (SSSR count). The molecule has 0 spiro atoms. The van der Waals surface area contributed by atoms with Crippen LogP contribution in [0.15, 0.2) is 48.7 Å². The highest BCUT2D eigenvalue weighted by atomic mass is 35.5. The minimum absolute atomic E-state index is 0.165. The van der Waals surface area contributed by atoms with Crippen LogP contribution in [0.1, 0.15) is 50.5 Å². The van der Waals surface area contributed by atoms with Crippen LogP contribution < -0.4 is 10.1 Å². The van der Waals surface area contributed by atoms with Gasteiger partial charge >= 0.3 is 0 Å². The van der Waals surface area contributed by atoms with E-state index in [1.54, 1.807) is 18.3 Å². The number of carbonyl (C=O) groups excluding carboxylic acids is 1.